The molecule has 0 spiro atoms. The van der Waals surface area contributed by atoms with Crippen LogP contribution in [0.5, 0.6) is 11.5 Å². The lowest BCUT2D eigenvalue weighted by Gasteiger charge is -2.37. The van der Waals surface area contributed by atoms with Crippen molar-refractivity contribution in [2.24, 2.45) is 0 Å². The van der Waals surface area contributed by atoms with Crippen LogP contribution in [-0.4, -0.2) is 30.8 Å². The molecule has 0 aliphatic carbocycles. The topological polar surface area (TPSA) is 60.9 Å². The SMILES string of the molecule is COc1cc2c(cc1OC)[C@@H](c1cccs1)N(Cc1cc(-c3ccco3)on1)CC2. The summed E-state index contributed by atoms with van der Waals surface area (Å²) in [6.07, 6.45) is 2.56. The molecule has 154 valence electrons. The number of fused-ring (bicyclic) bond motifs is 1. The zero-order valence-electron chi connectivity index (χ0n) is 16.8. The van der Waals surface area contributed by atoms with E-state index >= 15 is 0 Å². The number of furan rings is 1. The maximum Gasteiger partial charge on any atom is 0.202 e. The van der Waals surface area contributed by atoms with E-state index in [0.717, 1.165) is 30.2 Å². The summed E-state index contributed by atoms with van der Waals surface area (Å²) in [4.78, 5) is 3.72. The molecule has 0 radical (unpaired) electrons. The zero-order valence-corrected chi connectivity index (χ0v) is 17.6. The molecule has 3 aromatic heterocycles. The van der Waals surface area contributed by atoms with Crippen LogP contribution in [0.1, 0.15) is 27.7 Å². The number of methoxy groups -OCH3 is 2. The first-order valence-electron chi connectivity index (χ1n) is 9.78. The van der Waals surface area contributed by atoms with Crippen LogP contribution in [0.25, 0.3) is 11.5 Å². The van der Waals surface area contributed by atoms with Crippen molar-refractivity contribution >= 4 is 11.3 Å². The van der Waals surface area contributed by atoms with E-state index in [1.807, 2.05) is 18.2 Å². The first-order chi connectivity index (χ1) is 14.8. The van der Waals surface area contributed by atoms with Gasteiger partial charge in [0.25, 0.3) is 0 Å². The Labute approximate surface area is 178 Å². The number of aromatic nitrogens is 1. The molecular formula is C23H22N2O4S. The number of hydrogen-bond donors (Lipinski definition) is 0. The van der Waals surface area contributed by atoms with Crippen molar-refractivity contribution < 1.29 is 18.4 Å². The number of hydrogen-bond acceptors (Lipinski definition) is 7. The van der Waals surface area contributed by atoms with Crippen LogP contribution in [0, 0.1) is 0 Å². The number of nitrogens with zero attached hydrogens (tertiary/aromatic N) is 2. The van der Waals surface area contributed by atoms with Crippen LogP contribution in [0.3, 0.4) is 0 Å². The summed E-state index contributed by atoms with van der Waals surface area (Å²) in [5, 5.41) is 6.40. The molecule has 1 aliphatic heterocycles. The zero-order chi connectivity index (χ0) is 20.5. The summed E-state index contributed by atoms with van der Waals surface area (Å²) >= 11 is 1.76. The van der Waals surface area contributed by atoms with E-state index in [0.29, 0.717) is 18.1 Å². The standard InChI is InChI=1S/C23H22N2O4S/c1-26-19-11-15-7-8-25(14-16-12-21(29-24-16)18-5-3-9-28-18)23(22-6-4-10-30-22)17(15)13-20(19)27-2/h3-6,9-13,23H,7-8,14H2,1-2H3/t23-/m0/s1. The highest BCUT2D eigenvalue weighted by Crippen LogP contribution is 2.42. The van der Waals surface area contributed by atoms with Crippen LogP contribution in [0.2, 0.25) is 0 Å². The Balaban J connectivity index is 1.50. The Morgan fingerprint density at radius 1 is 1.10 bits per heavy atom. The maximum atomic E-state index is 5.59. The summed E-state index contributed by atoms with van der Waals surface area (Å²) in [7, 11) is 3.36. The molecule has 30 heavy (non-hydrogen) atoms. The van der Waals surface area contributed by atoms with E-state index in [9.17, 15) is 0 Å². The van der Waals surface area contributed by atoms with Gasteiger partial charge in [-0.2, -0.15) is 0 Å². The molecule has 1 aliphatic rings. The fourth-order valence-corrected chi connectivity index (χ4v) is 4.95. The molecule has 7 heteroatoms. The second-order valence-electron chi connectivity index (χ2n) is 7.20. The molecular weight excluding hydrogens is 400 g/mol. The minimum atomic E-state index is 0.123. The van der Waals surface area contributed by atoms with Gasteiger partial charge in [-0.25, -0.2) is 0 Å². The largest absolute Gasteiger partial charge is 0.493 e. The van der Waals surface area contributed by atoms with Gasteiger partial charge in [0.1, 0.15) is 0 Å². The minimum absolute atomic E-state index is 0.123. The second-order valence-corrected chi connectivity index (χ2v) is 8.18. The maximum absolute atomic E-state index is 5.59. The van der Waals surface area contributed by atoms with Gasteiger partial charge in [-0.1, -0.05) is 11.2 Å². The van der Waals surface area contributed by atoms with Crippen molar-refractivity contribution in [3.63, 3.8) is 0 Å². The van der Waals surface area contributed by atoms with E-state index in [4.69, 9.17) is 18.4 Å². The van der Waals surface area contributed by atoms with Gasteiger partial charge in [-0.15, -0.1) is 11.3 Å². The van der Waals surface area contributed by atoms with E-state index in [1.54, 1.807) is 31.8 Å². The number of thiophene rings is 1. The highest BCUT2D eigenvalue weighted by molar-refractivity contribution is 7.10. The van der Waals surface area contributed by atoms with E-state index in [2.05, 4.69) is 39.7 Å². The Bertz CT molecular complexity index is 1120. The lowest BCUT2D eigenvalue weighted by molar-refractivity contribution is 0.200. The van der Waals surface area contributed by atoms with E-state index in [1.165, 1.54) is 16.0 Å². The lowest BCUT2D eigenvalue weighted by atomic mass is 9.90. The molecule has 4 heterocycles. The second kappa shape index (κ2) is 8.01. The molecule has 0 bridgehead atoms. The van der Waals surface area contributed by atoms with Gasteiger partial charge in [-0.3, -0.25) is 4.90 Å². The third-order valence-corrected chi connectivity index (χ3v) is 6.40. The summed E-state index contributed by atoms with van der Waals surface area (Å²) in [6.45, 7) is 1.59. The van der Waals surface area contributed by atoms with Crippen LogP contribution >= 0.6 is 11.3 Å². The quantitative estimate of drug-likeness (QED) is 0.428. The number of ether oxygens (including phenoxy) is 2. The minimum Gasteiger partial charge on any atom is -0.493 e. The number of benzene rings is 1. The highest BCUT2D eigenvalue weighted by Gasteiger charge is 2.31. The van der Waals surface area contributed by atoms with Crippen molar-refractivity contribution in [1.82, 2.24) is 10.1 Å². The molecule has 0 saturated heterocycles. The third kappa shape index (κ3) is 3.40. The van der Waals surface area contributed by atoms with Gasteiger partial charge in [0.2, 0.25) is 5.76 Å². The molecule has 4 aromatic rings. The summed E-state index contributed by atoms with van der Waals surface area (Å²) < 4.78 is 22.0. The van der Waals surface area contributed by atoms with Crippen molar-refractivity contribution in [1.29, 1.82) is 0 Å². The van der Waals surface area contributed by atoms with Gasteiger partial charge in [0, 0.05) is 24.0 Å². The molecule has 1 aromatic carbocycles. The molecule has 0 amide bonds. The van der Waals surface area contributed by atoms with Crippen LogP contribution < -0.4 is 9.47 Å². The average Bonchev–Trinajstić information content (AvgIpc) is 3.55. The summed E-state index contributed by atoms with van der Waals surface area (Å²) in [5.74, 6) is 2.85. The van der Waals surface area contributed by atoms with Crippen molar-refractivity contribution in [3.8, 4) is 23.0 Å². The summed E-state index contributed by atoms with van der Waals surface area (Å²) in [5.41, 5.74) is 3.42. The van der Waals surface area contributed by atoms with Crippen molar-refractivity contribution in [2.45, 2.75) is 19.0 Å². The van der Waals surface area contributed by atoms with Crippen LogP contribution in [-0.2, 0) is 13.0 Å². The molecule has 6 nitrogen and oxygen atoms in total. The first-order valence-corrected chi connectivity index (χ1v) is 10.7. The molecule has 5 rings (SSSR count). The van der Waals surface area contributed by atoms with Gasteiger partial charge < -0.3 is 18.4 Å². The molecule has 0 fully saturated rings. The monoisotopic (exact) mass is 422 g/mol. The first kappa shape index (κ1) is 19.0. The Hall–Kier alpha value is -3.03. The van der Waals surface area contributed by atoms with Crippen LogP contribution in [0.15, 0.2) is 63.0 Å². The third-order valence-electron chi connectivity index (χ3n) is 5.47. The molecule has 0 saturated carbocycles. The van der Waals surface area contributed by atoms with Crippen molar-refractivity contribution in [2.75, 3.05) is 20.8 Å². The predicted octanol–water partition coefficient (Wildman–Crippen LogP) is 5.16. The fourth-order valence-electron chi connectivity index (χ4n) is 4.08. The normalized spacial score (nSPS) is 16.4. The Morgan fingerprint density at radius 2 is 1.97 bits per heavy atom. The van der Waals surface area contributed by atoms with Gasteiger partial charge >= 0.3 is 0 Å². The Morgan fingerprint density at radius 3 is 2.70 bits per heavy atom. The van der Waals surface area contributed by atoms with Crippen LogP contribution in [0.4, 0.5) is 0 Å². The highest BCUT2D eigenvalue weighted by atomic mass is 32.1. The lowest BCUT2D eigenvalue weighted by Crippen LogP contribution is -2.35. The smallest absolute Gasteiger partial charge is 0.202 e. The van der Waals surface area contributed by atoms with E-state index < -0.39 is 0 Å². The average molecular weight is 423 g/mol. The summed E-state index contributed by atoms with van der Waals surface area (Å²) in [6, 6.07) is 14.3. The molecule has 0 N–H and O–H groups in total. The van der Waals surface area contributed by atoms with Gasteiger partial charge in [0.15, 0.2) is 17.3 Å². The van der Waals surface area contributed by atoms with Crippen molar-refractivity contribution in [3.05, 3.63) is 75.8 Å². The van der Waals surface area contributed by atoms with E-state index in [-0.39, 0.29) is 6.04 Å². The predicted molar refractivity (Wildman–Crippen MR) is 114 cm³/mol. The molecule has 1 atom stereocenters. The van der Waals surface area contributed by atoms with Gasteiger partial charge in [-0.05, 0) is 53.3 Å². The number of rotatable bonds is 6. The Kier molecular flexibility index (Phi) is 5.06. The fraction of sp³-hybridized carbons (Fsp3) is 0.261. The van der Waals surface area contributed by atoms with Gasteiger partial charge in [0.05, 0.1) is 32.2 Å². The molecule has 0 unspecified atom stereocenters.